The van der Waals surface area contributed by atoms with Gasteiger partial charge in [-0.15, -0.1) is 0 Å². The smallest absolute Gasteiger partial charge is 0.317 e. The second kappa shape index (κ2) is 4.17. The number of carbonyl (C=O) groups excluding carboxylic acids is 1. The maximum absolute atomic E-state index is 11.7. The largest absolute Gasteiger partial charge is 0.391 e. The molecule has 1 heterocycles. The van der Waals surface area contributed by atoms with E-state index in [1.165, 1.54) is 0 Å². The van der Waals surface area contributed by atoms with Crippen molar-refractivity contribution in [3.63, 3.8) is 0 Å². The molecule has 1 unspecified atom stereocenters. The summed E-state index contributed by atoms with van der Waals surface area (Å²) in [6.45, 7) is 7.12. The standard InChI is InChI=1S/C10H20N2O2/c1-4-5-11-9(14)12-7-8(13)6-10(12,2)3/h8,13H,4-7H2,1-3H3,(H,11,14). The van der Waals surface area contributed by atoms with Crippen molar-refractivity contribution in [2.45, 2.75) is 45.3 Å². The lowest BCUT2D eigenvalue weighted by atomic mass is 10.0. The van der Waals surface area contributed by atoms with Crippen LogP contribution < -0.4 is 5.32 Å². The SMILES string of the molecule is CCCNC(=O)N1CC(O)CC1(C)C. The first-order chi connectivity index (χ1) is 6.47. The molecule has 0 aromatic carbocycles. The number of likely N-dealkylation sites (tertiary alicyclic amines) is 1. The minimum absolute atomic E-state index is 0.0617. The quantitative estimate of drug-likeness (QED) is 0.697. The fourth-order valence-corrected chi connectivity index (χ4v) is 1.89. The van der Waals surface area contributed by atoms with Crippen LogP contribution in [0.25, 0.3) is 0 Å². The fraction of sp³-hybridized carbons (Fsp3) is 0.900. The van der Waals surface area contributed by atoms with Crippen molar-refractivity contribution >= 4 is 6.03 Å². The Balaban J connectivity index is 2.54. The van der Waals surface area contributed by atoms with Crippen molar-refractivity contribution in [2.24, 2.45) is 0 Å². The van der Waals surface area contributed by atoms with Gasteiger partial charge in [0.15, 0.2) is 0 Å². The van der Waals surface area contributed by atoms with Gasteiger partial charge in [0.25, 0.3) is 0 Å². The zero-order valence-corrected chi connectivity index (χ0v) is 9.21. The molecule has 0 aromatic rings. The molecule has 1 saturated heterocycles. The number of urea groups is 1. The summed E-state index contributed by atoms with van der Waals surface area (Å²) in [5, 5.41) is 12.3. The van der Waals surface area contributed by atoms with Crippen LogP contribution in [0.15, 0.2) is 0 Å². The number of carbonyl (C=O) groups is 1. The third-order valence-corrected chi connectivity index (χ3v) is 2.63. The third-order valence-electron chi connectivity index (χ3n) is 2.63. The Bertz CT molecular complexity index is 216. The molecule has 1 aliphatic rings. The van der Waals surface area contributed by atoms with E-state index in [9.17, 15) is 9.90 Å². The molecule has 2 amide bonds. The first-order valence-electron chi connectivity index (χ1n) is 5.21. The van der Waals surface area contributed by atoms with E-state index in [1.54, 1.807) is 4.90 Å². The van der Waals surface area contributed by atoms with Gasteiger partial charge in [-0.2, -0.15) is 0 Å². The van der Waals surface area contributed by atoms with E-state index in [-0.39, 0.29) is 17.7 Å². The normalized spacial score (nSPS) is 25.1. The highest BCUT2D eigenvalue weighted by Crippen LogP contribution is 2.28. The molecule has 0 aromatic heterocycles. The molecular formula is C10H20N2O2. The topological polar surface area (TPSA) is 52.6 Å². The van der Waals surface area contributed by atoms with Crippen LogP contribution in [0.1, 0.15) is 33.6 Å². The van der Waals surface area contributed by atoms with Gasteiger partial charge >= 0.3 is 6.03 Å². The molecule has 0 radical (unpaired) electrons. The van der Waals surface area contributed by atoms with Gasteiger partial charge in [0.1, 0.15) is 0 Å². The molecule has 82 valence electrons. The number of rotatable bonds is 2. The molecule has 1 fully saturated rings. The van der Waals surface area contributed by atoms with Gasteiger partial charge < -0.3 is 15.3 Å². The minimum Gasteiger partial charge on any atom is -0.391 e. The summed E-state index contributed by atoms with van der Waals surface area (Å²) < 4.78 is 0. The van der Waals surface area contributed by atoms with E-state index in [4.69, 9.17) is 0 Å². The summed E-state index contributed by atoms with van der Waals surface area (Å²) in [4.78, 5) is 13.4. The van der Waals surface area contributed by atoms with Gasteiger partial charge in [0, 0.05) is 18.6 Å². The Morgan fingerprint density at radius 2 is 2.29 bits per heavy atom. The van der Waals surface area contributed by atoms with E-state index in [2.05, 4.69) is 5.32 Å². The Hall–Kier alpha value is -0.770. The van der Waals surface area contributed by atoms with Crippen LogP contribution in [0.4, 0.5) is 4.79 Å². The van der Waals surface area contributed by atoms with Gasteiger partial charge in [-0.25, -0.2) is 4.79 Å². The maximum Gasteiger partial charge on any atom is 0.317 e. The van der Waals surface area contributed by atoms with Gasteiger partial charge in [0.2, 0.25) is 0 Å². The molecule has 1 rings (SSSR count). The van der Waals surface area contributed by atoms with Crippen molar-refractivity contribution in [1.29, 1.82) is 0 Å². The number of amides is 2. The zero-order chi connectivity index (χ0) is 10.8. The molecular weight excluding hydrogens is 180 g/mol. The van der Waals surface area contributed by atoms with Crippen LogP contribution >= 0.6 is 0 Å². The molecule has 1 atom stereocenters. The predicted molar refractivity (Wildman–Crippen MR) is 55.1 cm³/mol. The van der Waals surface area contributed by atoms with Crippen LogP contribution in [-0.2, 0) is 0 Å². The van der Waals surface area contributed by atoms with Crippen molar-refractivity contribution in [2.75, 3.05) is 13.1 Å². The second-order valence-corrected chi connectivity index (χ2v) is 4.51. The number of hydrogen-bond donors (Lipinski definition) is 2. The number of hydrogen-bond acceptors (Lipinski definition) is 2. The molecule has 0 aliphatic carbocycles. The average Bonchev–Trinajstić information content (AvgIpc) is 2.35. The molecule has 2 N–H and O–H groups in total. The summed E-state index contributed by atoms with van der Waals surface area (Å²) in [6, 6.07) is -0.0617. The Labute approximate surface area is 85.3 Å². The average molecular weight is 200 g/mol. The molecule has 4 nitrogen and oxygen atoms in total. The lowest BCUT2D eigenvalue weighted by Gasteiger charge is -2.31. The number of nitrogens with one attached hydrogen (secondary N) is 1. The van der Waals surface area contributed by atoms with Crippen molar-refractivity contribution in [1.82, 2.24) is 10.2 Å². The zero-order valence-electron chi connectivity index (χ0n) is 9.21. The molecule has 0 spiro atoms. The maximum atomic E-state index is 11.7. The molecule has 1 aliphatic heterocycles. The number of aliphatic hydroxyl groups is 1. The summed E-state index contributed by atoms with van der Waals surface area (Å²) >= 11 is 0. The predicted octanol–water partition coefficient (Wildman–Crippen LogP) is 0.951. The third kappa shape index (κ3) is 2.38. The monoisotopic (exact) mass is 200 g/mol. The molecule has 4 heteroatoms. The fourth-order valence-electron chi connectivity index (χ4n) is 1.89. The first-order valence-corrected chi connectivity index (χ1v) is 5.21. The van der Waals surface area contributed by atoms with E-state index < -0.39 is 0 Å². The molecule has 14 heavy (non-hydrogen) atoms. The number of β-amino-alcohol motifs (C(OH)–C–C–N with tert-alkyl or cyclic N) is 1. The van der Waals surface area contributed by atoms with Gasteiger partial charge in [-0.1, -0.05) is 6.92 Å². The van der Waals surface area contributed by atoms with Crippen LogP contribution in [0.2, 0.25) is 0 Å². The second-order valence-electron chi connectivity index (χ2n) is 4.51. The van der Waals surface area contributed by atoms with Gasteiger partial charge in [-0.05, 0) is 26.7 Å². The van der Waals surface area contributed by atoms with E-state index >= 15 is 0 Å². The highest BCUT2D eigenvalue weighted by atomic mass is 16.3. The number of nitrogens with zero attached hydrogens (tertiary/aromatic N) is 1. The van der Waals surface area contributed by atoms with Crippen LogP contribution in [0.3, 0.4) is 0 Å². The van der Waals surface area contributed by atoms with Crippen molar-refractivity contribution < 1.29 is 9.90 Å². The highest BCUT2D eigenvalue weighted by molar-refractivity contribution is 5.75. The first kappa shape index (κ1) is 11.3. The minimum atomic E-state index is -0.377. The van der Waals surface area contributed by atoms with E-state index in [1.807, 2.05) is 20.8 Å². The van der Waals surface area contributed by atoms with Gasteiger partial charge in [-0.3, -0.25) is 0 Å². The van der Waals surface area contributed by atoms with E-state index in [0.29, 0.717) is 19.5 Å². The van der Waals surface area contributed by atoms with Crippen LogP contribution in [0, 0.1) is 0 Å². The lowest BCUT2D eigenvalue weighted by Crippen LogP contribution is -2.48. The van der Waals surface area contributed by atoms with E-state index in [0.717, 1.165) is 6.42 Å². The summed E-state index contributed by atoms with van der Waals surface area (Å²) in [6.07, 6.45) is 1.21. The Morgan fingerprint density at radius 3 is 2.71 bits per heavy atom. The van der Waals surface area contributed by atoms with Gasteiger partial charge in [0.05, 0.1) is 6.10 Å². The summed E-state index contributed by atoms with van der Waals surface area (Å²) in [7, 11) is 0. The van der Waals surface area contributed by atoms with Crippen LogP contribution in [-0.4, -0.2) is 40.8 Å². The Kier molecular flexibility index (Phi) is 3.37. The summed E-state index contributed by atoms with van der Waals surface area (Å²) in [5.41, 5.74) is -0.225. The van der Waals surface area contributed by atoms with Crippen molar-refractivity contribution in [3.05, 3.63) is 0 Å². The molecule has 0 saturated carbocycles. The molecule has 0 bridgehead atoms. The van der Waals surface area contributed by atoms with Crippen molar-refractivity contribution in [3.8, 4) is 0 Å². The summed E-state index contributed by atoms with van der Waals surface area (Å²) in [5.74, 6) is 0. The van der Waals surface area contributed by atoms with Crippen LogP contribution in [0.5, 0.6) is 0 Å². The highest BCUT2D eigenvalue weighted by Gasteiger charge is 2.40. The number of aliphatic hydroxyl groups excluding tert-OH is 1. The lowest BCUT2D eigenvalue weighted by molar-refractivity contribution is 0.160. The Morgan fingerprint density at radius 1 is 1.64 bits per heavy atom.